The van der Waals surface area contributed by atoms with E-state index in [-0.39, 0.29) is 31.5 Å². The number of unbranched alkanes of at least 4 members (excludes halogenated alkanes) is 43. The van der Waals surface area contributed by atoms with Crippen molar-refractivity contribution in [3.63, 3.8) is 0 Å². The second-order valence-electron chi connectivity index (χ2n) is 26.8. The van der Waals surface area contributed by atoms with Crippen LogP contribution in [0, 0.1) is 0 Å². The van der Waals surface area contributed by atoms with E-state index in [0.29, 0.717) is 17.4 Å². The van der Waals surface area contributed by atoms with Crippen molar-refractivity contribution < 1.29 is 37.3 Å². The largest absolute Gasteiger partial charge is 0.756 e. The van der Waals surface area contributed by atoms with Crippen LogP contribution in [0.5, 0.6) is 0 Å². The van der Waals surface area contributed by atoms with Crippen molar-refractivity contribution in [2.45, 2.75) is 373 Å². The maximum Gasteiger partial charge on any atom is 0.306 e. The Morgan fingerprint density at radius 2 is 0.693 bits per heavy atom. The average molecular weight is 1250 g/mol. The molecule has 3 unspecified atom stereocenters. The molecule has 0 heterocycles. The van der Waals surface area contributed by atoms with E-state index in [0.717, 1.165) is 83.5 Å². The van der Waals surface area contributed by atoms with E-state index in [1.54, 1.807) is 0 Å². The first kappa shape index (κ1) is 85.5. The van der Waals surface area contributed by atoms with Crippen molar-refractivity contribution in [2.75, 3.05) is 40.9 Å². The summed E-state index contributed by atoms with van der Waals surface area (Å²) in [6.07, 6.45) is 88.9. The zero-order valence-corrected chi connectivity index (χ0v) is 59.8. The number of quaternary nitrogens is 1. The highest BCUT2D eigenvalue weighted by atomic mass is 31.2. The van der Waals surface area contributed by atoms with Crippen molar-refractivity contribution in [3.8, 4) is 0 Å². The maximum atomic E-state index is 13.6. The van der Waals surface area contributed by atoms with Crippen LogP contribution in [-0.2, 0) is 27.9 Å². The SMILES string of the molecule is CCCCC/C=C\C/C=C\C/C=C\C/C=C\CCCCCCCCCCCCCC(=O)NC(COP(=O)([O-])OCC[N+](C)(C)C)C(/C=C\CCCCCCCCCCCC)OC(=O)CCCCCCCCCCCCCCC/C=C/CCCCCCCC. The Balaban J connectivity index is 4.99. The number of esters is 1. The first-order valence-corrected chi connectivity index (χ1v) is 39.2. The summed E-state index contributed by atoms with van der Waals surface area (Å²) < 4.78 is 30.5. The predicted octanol–water partition coefficient (Wildman–Crippen LogP) is 23.7. The Bertz CT molecular complexity index is 1730. The van der Waals surface area contributed by atoms with Crippen molar-refractivity contribution >= 4 is 19.7 Å². The molecule has 0 fully saturated rings. The molecule has 0 bridgehead atoms. The number of carbonyl (C=O) groups excluding carboxylic acids is 2. The summed E-state index contributed by atoms with van der Waals surface area (Å²) >= 11 is 0. The third kappa shape index (κ3) is 67.8. The van der Waals surface area contributed by atoms with Gasteiger partial charge in [-0.3, -0.25) is 14.2 Å². The lowest BCUT2D eigenvalue weighted by Crippen LogP contribution is -2.47. The van der Waals surface area contributed by atoms with Crippen LogP contribution in [0.15, 0.2) is 72.9 Å². The number of carbonyl (C=O) groups is 2. The highest BCUT2D eigenvalue weighted by Gasteiger charge is 2.27. The molecule has 1 N–H and O–H groups in total. The van der Waals surface area contributed by atoms with E-state index in [1.807, 2.05) is 33.3 Å². The van der Waals surface area contributed by atoms with Crippen LogP contribution in [0.1, 0.15) is 361 Å². The van der Waals surface area contributed by atoms with E-state index >= 15 is 0 Å². The monoisotopic (exact) mass is 1250 g/mol. The summed E-state index contributed by atoms with van der Waals surface area (Å²) in [5.74, 6) is -0.532. The van der Waals surface area contributed by atoms with E-state index < -0.39 is 20.0 Å². The molecule has 3 atom stereocenters. The number of allylic oxidation sites excluding steroid dienone is 11. The van der Waals surface area contributed by atoms with Gasteiger partial charge in [-0.1, -0.05) is 319 Å². The lowest BCUT2D eigenvalue weighted by atomic mass is 10.0. The van der Waals surface area contributed by atoms with E-state index in [1.165, 1.54) is 244 Å². The zero-order valence-electron chi connectivity index (χ0n) is 58.9. The number of nitrogens with one attached hydrogen (secondary N) is 1. The number of nitrogens with zero attached hydrogens (tertiary/aromatic N) is 1. The lowest BCUT2D eigenvalue weighted by Gasteiger charge is -2.30. The van der Waals surface area contributed by atoms with Crippen LogP contribution < -0.4 is 10.2 Å². The smallest absolute Gasteiger partial charge is 0.306 e. The van der Waals surface area contributed by atoms with E-state index in [9.17, 15) is 19.0 Å². The highest BCUT2D eigenvalue weighted by molar-refractivity contribution is 7.45. The van der Waals surface area contributed by atoms with Crippen LogP contribution in [0.3, 0.4) is 0 Å². The quantitative estimate of drug-likeness (QED) is 0.0212. The minimum atomic E-state index is -4.71. The number of likely N-dealkylation sites (N-methyl/N-ethyl adjacent to an activating group) is 1. The van der Waals surface area contributed by atoms with Crippen molar-refractivity contribution in [1.82, 2.24) is 5.32 Å². The van der Waals surface area contributed by atoms with Crippen molar-refractivity contribution in [1.29, 1.82) is 0 Å². The number of ether oxygens (including phenoxy) is 1. The molecule has 514 valence electrons. The van der Waals surface area contributed by atoms with E-state index in [2.05, 4.69) is 86.8 Å². The summed E-state index contributed by atoms with van der Waals surface area (Å²) in [7, 11) is 1.19. The minimum Gasteiger partial charge on any atom is -0.756 e. The van der Waals surface area contributed by atoms with E-state index in [4.69, 9.17) is 13.8 Å². The van der Waals surface area contributed by atoms with Gasteiger partial charge in [-0.15, -0.1) is 0 Å². The Kier molecular flexibility index (Phi) is 65.4. The van der Waals surface area contributed by atoms with Gasteiger partial charge < -0.3 is 28.5 Å². The van der Waals surface area contributed by atoms with Crippen LogP contribution in [-0.4, -0.2) is 69.4 Å². The Labute approximate surface area is 546 Å². The van der Waals surface area contributed by atoms with Gasteiger partial charge in [0.25, 0.3) is 7.82 Å². The van der Waals surface area contributed by atoms with Crippen LogP contribution >= 0.6 is 7.82 Å². The number of phosphoric acid groups is 1. The minimum absolute atomic E-state index is 0.0235. The first-order chi connectivity index (χ1) is 42.9. The molecule has 0 aromatic rings. The van der Waals surface area contributed by atoms with Gasteiger partial charge in [-0.2, -0.15) is 0 Å². The molecule has 0 radical (unpaired) electrons. The number of phosphoric ester groups is 1. The average Bonchev–Trinajstić information content (AvgIpc) is 3.66. The fourth-order valence-corrected chi connectivity index (χ4v) is 11.8. The summed E-state index contributed by atoms with van der Waals surface area (Å²) in [5.41, 5.74) is 0. The Morgan fingerprint density at radius 1 is 0.398 bits per heavy atom. The molecule has 0 aliphatic carbocycles. The molecule has 0 aliphatic rings. The third-order valence-electron chi connectivity index (χ3n) is 16.9. The molecule has 0 aliphatic heterocycles. The van der Waals surface area contributed by atoms with Gasteiger partial charge in [0.05, 0.1) is 33.8 Å². The van der Waals surface area contributed by atoms with Gasteiger partial charge in [0.15, 0.2) is 0 Å². The number of hydrogen-bond donors (Lipinski definition) is 1. The standard InChI is InChI=1S/C78H145N2O7P/c1-7-10-13-16-19-22-25-28-30-32-34-36-38-39-40-41-43-44-46-48-50-52-55-58-61-64-67-70-77(81)79-75(74-86-88(83,84)85-73-72-80(4,5)6)76(69-66-63-60-57-54-27-24-21-18-15-12-9-3)87-78(82)71-68-65-62-59-56-53-51-49-47-45-42-37-35-33-31-29-26-23-20-17-14-11-8-2/h19,22,28-31,34,36,39-40,66,69,75-76H,7-18,20-21,23-27,32-33,35,37-38,41-65,67-68,70-74H2,1-6H3,(H-,79,81,83,84)/b22-19-,30-28-,31-29+,36-34-,40-39-,69-66-. The highest BCUT2D eigenvalue weighted by Crippen LogP contribution is 2.38. The molecular weight excluding hydrogens is 1110 g/mol. The fourth-order valence-electron chi connectivity index (χ4n) is 11.0. The molecule has 0 saturated carbocycles. The third-order valence-corrected chi connectivity index (χ3v) is 17.8. The van der Waals surface area contributed by atoms with Gasteiger partial charge in [0, 0.05) is 12.8 Å². The van der Waals surface area contributed by atoms with Gasteiger partial charge in [-0.05, 0) is 102 Å². The second-order valence-corrected chi connectivity index (χ2v) is 28.2. The number of amides is 1. The molecule has 0 spiro atoms. The molecule has 0 rings (SSSR count). The van der Waals surface area contributed by atoms with Gasteiger partial charge in [0.1, 0.15) is 19.3 Å². The lowest BCUT2D eigenvalue weighted by molar-refractivity contribution is -0.870. The zero-order chi connectivity index (χ0) is 64.2. The summed E-state index contributed by atoms with van der Waals surface area (Å²) in [6.45, 7) is 6.85. The Morgan fingerprint density at radius 3 is 1.07 bits per heavy atom. The van der Waals surface area contributed by atoms with Gasteiger partial charge in [0.2, 0.25) is 5.91 Å². The molecule has 88 heavy (non-hydrogen) atoms. The van der Waals surface area contributed by atoms with Gasteiger partial charge >= 0.3 is 5.97 Å². The molecule has 0 aromatic heterocycles. The van der Waals surface area contributed by atoms with Crippen LogP contribution in [0.4, 0.5) is 0 Å². The molecule has 10 heteroatoms. The molecule has 1 amide bonds. The predicted molar refractivity (Wildman–Crippen MR) is 381 cm³/mol. The molecule has 0 aromatic carbocycles. The summed E-state index contributed by atoms with van der Waals surface area (Å²) in [5, 5.41) is 3.05. The van der Waals surface area contributed by atoms with Gasteiger partial charge in [-0.25, -0.2) is 0 Å². The normalized spacial score (nSPS) is 13.9. The topological polar surface area (TPSA) is 114 Å². The summed E-state index contributed by atoms with van der Waals surface area (Å²) in [4.78, 5) is 40.3. The van der Waals surface area contributed by atoms with Crippen LogP contribution in [0.2, 0.25) is 0 Å². The molecule has 9 nitrogen and oxygen atoms in total. The van der Waals surface area contributed by atoms with Crippen molar-refractivity contribution in [3.05, 3.63) is 72.9 Å². The molecule has 0 saturated heterocycles. The van der Waals surface area contributed by atoms with Crippen LogP contribution in [0.25, 0.3) is 0 Å². The Hall–Kier alpha value is -2.55. The number of hydrogen-bond acceptors (Lipinski definition) is 7. The molecular formula is C78H145N2O7P. The number of rotatable bonds is 69. The fraction of sp³-hybridized carbons (Fsp3) is 0.821. The first-order valence-electron chi connectivity index (χ1n) is 37.7. The summed E-state index contributed by atoms with van der Waals surface area (Å²) in [6, 6.07) is -0.893. The second kappa shape index (κ2) is 67.3. The maximum absolute atomic E-state index is 13.6. The van der Waals surface area contributed by atoms with Crippen molar-refractivity contribution in [2.24, 2.45) is 0 Å².